The molecule has 3 rings (SSSR count). The van der Waals surface area contributed by atoms with Gasteiger partial charge in [-0.1, -0.05) is 27.7 Å². The Morgan fingerprint density at radius 1 is 1.00 bits per heavy atom. The van der Waals surface area contributed by atoms with E-state index in [-0.39, 0.29) is 0 Å². The zero-order chi connectivity index (χ0) is 13.7. The molecule has 2 saturated heterocycles. The van der Waals surface area contributed by atoms with Crippen LogP contribution in [-0.2, 0) is 0 Å². The summed E-state index contributed by atoms with van der Waals surface area (Å²) in [6.45, 7) is 12.1. The minimum Gasteiger partial charge on any atom is -0.316 e. The molecule has 3 aliphatic rings. The zero-order valence-corrected chi connectivity index (χ0v) is 13.3. The van der Waals surface area contributed by atoms with Gasteiger partial charge in [-0.05, 0) is 67.9 Å². The Morgan fingerprint density at radius 3 is 2.11 bits per heavy atom. The Hall–Kier alpha value is -0.0800. The van der Waals surface area contributed by atoms with Crippen LogP contribution in [0.15, 0.2) is 0 Å². The van der Waals surface area contributed by atoms with E-state index < -0.39 is 0 Å². The molecule has 0 spiro atoms. The van der Waals surface area contributed by atoms with E-state index in [2.05, 4.69) is 38.3 Å². The average molecular weight is 264 g/mol. The second kappa shape index (κ2) is 4.73. The monoisotopic (exact) mass is 264 g/mol. The van der Waals surface area contributed by atoms with Gasteiger partial charge in [0.1, 0.15) is 0 Å². The SMILES string of the molecule is CC1(C)C(CNCCC2CC3CCC(C2)N3)C1(C)C. The van der Waals surface area contributed by atoms with E-state index in [1.165, 1.54) is 45.2 Å². The van der Waals surface area contributed by atoms with Crippen molar-refractivity contribution in [2.24, 2.45) is 22.7 Å². The molecule has 3 fully saturated rings. The third-order valence-electron chi connectivity index (χ3n) is 6.97. The molecule has 1 aliphatic carbocycles. The van der Waals surface area contributed by atoms with Crippen LogP contribution in [0.4, 0.5) is 0 Å². The third kappa shape index (κ3) is 2.47. The van der Waals surface area contributed by atoms with Crippen LogP contribution < -0.4 is 10.6 Å². The molecular weight excluding hydrogens is 232 g/mol. The lowest BCUT2D eigenvalue weighted by molar-refractivity contribution is 0.282. The van der Waals surface area contributed by atoms with E-state index in [0.29, 0.717) is 10.8 Å². The maximum absolute atomic E-state index is 3.74. The topological polar surface area (TPSA) is 24.1 Å². The molecule has 0 aromatic carbocycles. The van der Waals surface area contributed by atoms with E-state index in [4.69, 9.17) is 0 Å². The molecule has 2 aliphatic heterocycles. The Balaban J connectivity index is 1.34. The molecule has 2 atom stereocenters. The van der Waals surface area contributed by atoms with Crippen molar-refractivity contribution in [3.05, 3.63) is 0 Å². The molecule has 0 amide bonds. The zero-order valence-electron chi connectivity index (χ0n) is 13.3. The van der Waals surface area contributed by atoms with Gasteiger partial charge in [-0.3, -0.25) is 0 Å². The molecule has 0 aromatic rings. The lowest BCUT2D eigenvalue weighted by Gasteiger charge is -2.29. The van der Waals surface area contributed by atoms with Crippen LogP contribution >= 0.6 is 0 Å². The maximum Gasteiger partial charge on any atom is 0.00728 e. The first-order valence-corrected chi connectivity index (χ1v) is 8.38. The van der Waals surface area contributed by atoms with Gasteiger partial charge in [0.25, 0.3) is 0 Å². The highest BCUT2D eigenvalue weighted by molar-refractivity contribution is 5.12. The quantitative estimate of drug-likeness (QED) is 0.745. The summed E-state index contributed by atoms with van der Waals surface area (Å²) < 4.78 is 0. The van der Waals surface area contributed by atoms with Crippen molar-refractivity contribution < 1.29 is 0 Å². The molecule has 2 unspecified atom stereocenters. The molecule has 2 bridgehead atoms. The van der Waals surface area contributed by atoms with Crippen LogP contribution in [0.2, 0.25) is 0 Å². The molecule has 110 valence electrons. The standard InChI is InChI=1S/C17H32N2/c1-16(2)15(17(16,3)4)11-18-8-7-12-9-13-5-6-14(10-12)19-13/h12-15,18-19H,5-11H2,1-4H3. The fourth-order valence-electron chi connectivity index (χ4n) is 4.81. The van der Waals surface area contributed by atoms with Gasteiger partial charge in [-0.25, -0.2) is 0 Å². The van der Waals surface area contributed by atoms with Gasteiger partial charge in [-0.15, -0.1) is 0 Å². The Morgan fingerprint density at radius 2 is 1.58 bits per heavy atom. The number of hydrogen-bond acceptors (Lipinski definition) is 2. The van der Waals surface area contributed by atoms with E-state index in [0.717, 1.165) is 23.9 Å². The smallest absolute Gasteiger partial charge is 0.00728 e. The van der Waals surface area contributed by atoms with Crippen LogP contribution in [0.1, 0.15) is 59.8 Å². The summed E-state index contributed by atoms with van der Waals surface area (Å²) in [4.78, 5) is 0. The summed E-state index contributed by atoms with van der Waals surface area (Å²) in [5.74, 6) is 1.84. The predicted octanol–water partition coefficient (Wildman–Crippen LogP) is 3.18. The molecule has 2 heteroatoms. The van der Waals surface area contributed by atoms with E-state index in [9.17, 15) is 0 Å². The first-order valence-electron chi connectivity index (χ1n) is 8.38. The number of rotatable bonds is 5. The lowest BCUT2D eigenvalue weighted by Crippen LogP contribution is -2.38. The maximum atomic E-state index is 3.74. The minimum atomic E-state index is 0.536. The summed E-state index contributed by atoms with van der Waals surface area (Å²) in [5.41, 5.74) is 1.07. The third-order valence-corrected chi connectivity index (χ3v) is 6.97. The van der Waals surface area contributed by atoms with Gasteiger partial charge in [0, 0.05) is 12.1 Å². The first-order chi connectivity index (χ1) is 8.91. The number of fused-ring (bicyclic) bond motifs is 2. The van der Waals surface area contributed by atoms with Crippen LogP contribution in [-0.4, -0.2) is 25.2 Å². The highest BCUT2D eigenvalue weighted by Gasteiger charge is 2.63. The number of piperidine rings is 1. The molecular formula is C17H32N2. The summed E-state index contributed by atoms with van der Waals surface area (Å²) in [5, 5.41) is 7.48. The van der Waals surface area contributed by atoms with Gasteiger partial charge in [-0.2, -0.15) is 0 Å². The second-order valence-corrected chi connectivity index (χ2v) is 8.46. The first kappa shape index (κ1) is 13.9. The number of hydrogen-bond donors (Lipinski definition) is 2. The highest BCUT2D eigenvalue weighted by atomic mass is 15.0. The van der Waals surface area contributed by atoms with Gasteiger partial charge >= 0.3 is 0 Å². The van der Waals surface area contributed by atoms with E-state index in [1.807, 2.05) is 0 Å². The Labute approximate surface area is 119 Å². The van der Waals surface area contributed by atoms with Crippen LogP contribution in [0, 0.1) is 22.7 Å². The molecule has 2 N–H and O–H groups in total. The Bertz CT molecular complexity index is 308. The van der Waals surface area contributed by atoms with Crippen molar-refractivity contribution in [2.45, 2.75) is 71.9 Å². The fraction of sp³-hybridized carbons (Fsp3) is 1.00. The van der Waals surface area contributed by atoms with Crippen molar-refractivity contribution in [2.75, 3.05) is 13.1 Å². The van der Waals surface area contributed by atoms with E-state index >= 15 is 0 Å². The fourth-order valence-corrected chi connectivity index (χ4v) is 4.81. The highest BCUT2D eigenvalue weighted by Crippen LogP contribution is 2.67. The van der Waals surface area contributed by atoms with Crippen molar-refractivity contribution in [1.29, 1.82) is 0 Å². The molecule has 2 nitrogen and oxygen atoms in total. The molecule has 1 saturated carbocycles. The Kier molecular flexibility index (Phi) is 3.46. The van der Waals surface area contributed by atoms with Crippen LogP contribution in [0.25, 0.3) is 0 Å². The summed E-state index contributed by atoms with van der Waals surface area (Å²) in [7, 11) is 0. The van der Waals surface area contributed by atoms with Crippen molar-refractivity contribution in [3.63, 3.8) is 0 Å². The molecule has 19 heavy (non-hydrogen) atoms. The largest absolute Gasteiger partial charge is 0.316 e. The normalized spacial score (nSPS) is 39.5. The summed E-state index contributed by atoms with van der Waals surface area (Å²) in [6, 6.07) is 1.70. The molecule has 0 aromatic heterocycles. The van der Waals surface area contributed by atoms with Gasteiger partial charge in [0.2, 0.25) is 0 Å². The average Bonchev–Trinajstić information content (AvgIpc) is 2.60. The molecule has 2 heterocycles. The minimum absolute atomic E-state index is 0.536. The molecule has 0 radical (unpaired) electrons. The van der Waals surface area contributed by atoms with Gasteiger partial charge in [0.15, 0.2) is 0 Å². The second-order valence-electron chi connectivity index (χ2n) is 8.46. The van der Waals surface area contributed by atoms with E-state index in [1.54, 1.807) is 0 Å². The van der Waals surface area contributed by atoms with Crippen molar-refractivity contribution >= 4 is 0 Å². The van der Waals surface area contributed by atoms with Gasteiger partial charge in [0.05, 0.1) is 0 Å². The predicted molar refractivity (Wildman–Crippen MR) is 81.2 cm³/mol. The van der Waals surface area contributed by atoms with Crippen molar-refractivity contribution in [1.82, 2.24) is 10.6 Å². The summed E-state index contributed by atoms with van der Waals surface area (Å²) in [6.07, 6.45) is 7.11. The lowest BCUT2D eigenvalue weighted by atomic mass is 9.90. The van der Waals surface area contributed by atoms with Gasteiger partial charge < -0.3 is 10.6 Å². The number of nitrogens with one attached hydrogen (secondary N) is 2. The van der Waals surface area contributed by atoms with Crippen LogP contribution in [0.3, 0.4) is 0 Å². The van der Waals surface area contributed by atoms with Crippen molar-refractivity contribution in [3.8, 4) is 0 Å². The van der Waals surface area contributed by atoms with Crippen LogP contribution in [0.5, 0.6) is 0 Å². The summed E-state index contributed by atoms with van der Waals surface area (Å²) >= 11 is 0.